The zero-order valence-electron chi connectivity index (χ0n) is 15.0. The van der Waals surface area contributed by atoms with Crippen molar-refractivity contribution in [2.24, 2.45) is 13.0 Å². The standard InChI is InChI=1S/C19H23BrN4O2/c1-13-3-5-14(6-4-13)11-21-18(25)15-7-9-24(10-8-15)16-12-22-23(2)19(26)17(16)20/h3-6,12,15H,7-11H2,1-2H3,(H,21,25). The minimum absolute atomic E-state index is 0.00924. The van der Waals surface area contributed by atoms with Gasteiger partial charge in [0.25, 0.3) is 5.56 Å². The van der Waals surface area contributed by atoms with E-state index in [1.807, 2.05) is 19.1 Å². The molecule has 1 N–H and O–H groups in total. The van der Waals surface area contributed by atoms with Gasteiger partial charge >= 0.3 is 0 Å². The van der Waals surface area contributed by atoms with E-state index in [1.165, 1.54) is 10.2 Å². The van der Waals surface area contributed by atoms with Crippen LogP contribution in [-0.4, -0.2) is 28.8 Å². The van der Waals surface area contributed by atoms with Gasteiger partial charge in [0.05, 0.1) is 11.9 Å². The Morgan fingerprint density at radius 3 is 2.58 bits per heavy atom. The highest BCUT2D eigenvalue weighted by Crippen LogP contribution is 2.27. The van der Waals surface area contributed by atoms with Gasteiger partial charge in [-0.05, 0) is 41.3 Å². The van der Waals surface area contributed by atoms with Crippen molar-refractivity contribution in [2.75, 3.05) is 18.0 Å². The van der Waals surface area contributed by atoms with Crippen molar-refractivity contribution in [3.05, 3.63) is 56.4 Å². The number of benzene rings is 1. The first kappa shape index (κ1) is 18.6. The van der Waals surface area contributed by atoms with Crippen LogP contribution in [0.15, 0.2) is 39.7 Å². The molecule has 1 aliphatic rings. The number of nitrogens with zero attached hydrogens (tertiary/aromatic N) is 3. The van der Waals surface area contributed by atoms with E-state index in [9.17, 15) is 9.59 Å². The molecule has 6 nitrogen and oxygen atoms in total. The van der Waals surface area contributed by atoms with Crippen LogP contribution in [0.3, 0.4) is 0 Å². The van der Waals surface area contributed by atoms with Gasteiger partial charge in [0.1, 0.15) is 4.47 Å². The molecule has 2 heterocycles. The molecule has 0 atom stereocenters. The van der Waals surface area contributed by atoms with Crippen LogP contribution >= 0.6 is 15.9 Å². The summed E-state index contributed by atoms with van der Waals surface area (Å²) in [5.74, 6) is 0.112. The number of aromatic nitrogens is 2. The molecular weight excluding hydrogens is 396 g/mol. The number of hydrogen-bond acceptors (Lipinski definition) is 4. The summed E-state index contributed by atoms with van der Waals surface area (Å²) in [6.07, 6.45) is 3.23. The first-order valence-electron chi connectivity index (χ1n) is 8.75. The second-order valence-corrected chi connectivity index (χ2v) is 7.53. The van der Waals surface area contributed by atoms with Gasteiger partial charge in [0.2, 0.25) is 5.91 Å². The molecule has 0 saturated carbocycles. The van der Waals surface area contributed by atoms with Crippen molar-refractivity contribution < 1.29 is 4.79 Å². The van der Waals surface area contributed by atoms with Crippen molar-refractivity contribution in [3.8, 4) is 0 Å². The average molecular weight is 419 g/mol. The molecule has 1 aromatic carbocycles. The van der Waals surface area contributed by atoms with E-state index in [1.54, 1.807) is 13.2 Å². The minimum atomic E-state index is -0.152. The predicted octanol–water partition coefficient (Wildman–Crippen LogP) is 2.38. The Morgan fingerprint density at radius 2 is 1.92 bits per heavy atom. The number of anilines is 1. The fourth-order valence-corrected chi connectivity index (χ4v) is 3.75. The molecule has 3 rings (SSSR count). The number of amides is 1. The van der Waals surface area contributed by atoms with Gasteiger partial charge in [0.15, 0.2) is 0 Å². The Balaban J connectivity index is 1.55. The summed E-state index contributed by atoms with van der Waals surface area (Å²) < 4.78 is 1.83. The van der Waals surface area contributed by atoms with E-state index in [-0.39, 0.29) is 17.4 Å². The zero-order valence-corrected chi connectivity index (χ0v) is 16.6. The molecule has 0 unspecified atom stereocenters. The highest BCUT2D eigenvalue weighted by atomic mass is 79.9. The molecular formula is C19H23BrN4O2. The number of carbonyl (C=O) groups excluding carboxylic acids is 1. The van der Waals surface area contributed by atoms with Crippen molar-refractivity contribution >= 4 is 27.5 Å². The average Bonchev–Trinajstić information content (AvgIpc) is 2.66. The molecule has 2 aromatic rings. The van der Waals surface area contributed by atoms with Crippen LogP contribution in [0.25, 0.3) is 0 Å². The van der Waals surface area contributed by atoms with Gasteiger partial charge in [0, 0.05) is 32.6 Å². The third-order valence-electron chi connectivity index (χ3n) is 4.85. The van der Waals surface area contributed by atoms with Gasteiger partial charge in [-0.3, -0.25) is 9.59 Å². The van der Waals surface area contributed by atoms with E-state index in [0.717, 1.165) is 37.2 Å². The normalized spacial score (nSPS) is 15.1. The third-order valence-corrected chi connectivity index (χ3v) is 5.60. The van der Waals surface area contributed by atoms with E-state index in [2.05, 4.69) is 43.4 Å². The number of halogens is 1. The number of hydrogen-bond donors (Lipinski definition) is 1. The molecule has 0 radical (unpaired) electrons. The lowest BCUT2D eigenvalue weighted by molar-refractivity contribution is -0.125. The highest BCUT2D eigenvalue weighted by molar-refractivity contribution is 9.10. The summed E-state index contributed by atoms with van der Waals surface area (Å²) in [4.78, 5) is 26.6. The third kappa shape index (κ3) is 4.15. The topological polar surface area (TPSA) is 67.2 Å². The Labute approximate surface area is 161 Å². The van der Waals surface area contributed by atoms with Crippen molar-refractivity contribution in [1.82, 2.24) is 15.1 Å². The molecule has 1 amide bonds. The SMILES string of the molecule is Cc1ccc(CNC(=O)C2CCN(c3cnn(C)c(=O)c3Br)CC2)cc1. The van der Waals surface area contributed by atoms with E-state index in [4.69, 9.17) is 0 Å². The quantitative estimate of drug-likeness (QED) is 0.827. The maximum absolute atomic E-state index is 12.4. The molecule has 0 bridgehead atoms. The summed E-state index contributed by atoms with van der Waals surface area (Å²) in [5, 5.41) is 7.13. The van der Waals surface area contributed by atoms with Gasteiger partial charge in [-0.15, -0.1) is 0 Å². The number of piperidine rings is 1. The number of carbonyl (C=O) groups is 1. The van der Waals surface area contributed by atoms with E-state index in [0.29, 0.717) is 11.0 Å². The molecule has 1 saturated heterocycles. The maximum atomic E-state index is 12.4. The van der Waals surface area contributed by atoms with E-state index >= 15 is 0 Å². The lowest BCUT2D eigenvalue weighted by Crippen LogP contribution is -2.41. The van der Waals surface area contributed by atoms with Crippen molar-refractivity contribution in [2.45, 2.75) is 26.3 Å². The van der Waals surface area contributed by atoms with Crippen LogP contribution in [0.4, 0.5) is 5.69 Å². The fourth-order valence-electron chi connectivity index (χ4n) is 3.14. The first-order valence-corrected chi connectivity index (χ1v) is 9.55. The molecule has 7 heteroatoms. The summed E-state index contributed by atoms with van der Waals surface area (Å²) in [6, 6.07) is 8.18. The van der Waals surface area contributed by atoms with Crippen LogP contribution in [0, 0.1) is 12.8 Å². The number of nitrogens with one attached hydrogen (secondary N) is 1. The van der Waals surface area contributed by atoms with Gasteiger partial charge < -0.3 is 10.2 Å². The van der Waals surface area contributed by atoms with Gasteiger partial charge in [-0.1, -0.05) is 29.8 Å². The molecule has 1 aliphatic heterocycles. The van der Waals surface area contributed by atoms with Crippen LogP contribution in [0.5, 0.6) is 0 Å². The number of rotatable bonds is 4. The van der Waals surface area contributed by atoms with Crippen molar-refractivity contribution in [3.63, 3.8) is 0 Å². The van der Waals surface area contributed by atoms with Gasteiger partial charge in [-0.2, -0.15) is 5.10 Å². The minimum Gasteiger partial charge on any atom is -0.369 e. The summed E-state index contributed by atoms with van der Waals surface area (Å²) in [6.45, 7) is 4.07. The van der Waals surface area contributed by atoms with Crippen LogP contribution in [0.1, 0.15) is 24.0 Å². The zero-order chi connectivity index (χ0) is 18.7. The monoisotopic (exact) mass is 418 g/mol. The lowest BCUT2D eigenvalue weighted by Gasteiger charge is -2.33. The van der Waals surface area contributed by atoms with Gasteiger partial charge in [-0.25, -0.2) is 4.68 Å². The Hall–Kier alpha value is -2.15. The molecule has 138 valence electrons. The van der Waals surface area contributed by atoms with Crippen LogP contribution in [-0.2, 0) is 18.4 Å². The Kier molecular flexibility index (Phi) is 5.76. The molecule has 1 fully saturated rings. The molecule has 0 spiro atoms. The van der Waals surface area contributed by atoms with E-state index < -0.39 is 0 Å². The highest BCUT2D eigenvalue weighted by Gasteiger charge is 2.26. The predicted molar refractivity (Wildman–Crippen MR) is 105 cm³/mol. The molecule has 26 heavy (non-hydrogen) atoms. The largest absolute Gasteiger partial charge is 0.369 e. The smallest absolute Gasteiger partial charge is 0.282 e. The second-order valence-electron chi connectivity index (χ2n) is 6.74. The lowest BCUT2D eigenvalue weighted by atomic mass is 9.95. The molecule has 0 aliphatic carbocycles. The number of aryl methyl sites for hydroxylation is 2. The Bertz CT molecular complexity index is 840. The fraction of sp³-hybridized carbons (Fsp3) is 0.421. The maximum Gasteiger partial charge on any atom is 0.282 e. The van der Waals surface area contributed by atoms with Crippen LogP contribution in [0.2, 0.25) is 0 Å². The Morgan fingerprint density at radius 1 is 1.27 bits per heavy atom. The first-order chi connectivity index (χ1) is 12.5. The van der Waals surface area contributed by atoms with Crippen LogP contribution < -0.4 is 15.8 Å². The van der Waals surface area contributed by atoms with Crippen molar-refractivity contribution in [1.29, 1.82) is 0 Å². The summed E-state index contributed by atoms with van der Waals surface area (Å²) in [7, 11) is 1.63. The summed E-state index contributed by atoms with van der Waals surface area (Å²) in [5.41, 5.74) is 2.97. The second kappa shape index (κ2) is 8.03. The summed E-state index contributed by atoms with van der Waals surface area (Å²) >= 11 is 3.37. The molecule has 1 aromatic heterocycles.